The summed E-state index contributed by atoms with van der Waals surface area (Å²) in [5, 5.41) is 0. The Morgan fingerprint density at radius 2 is 1.61 bits per heavy atom. The summed E-state index contributed by atoms with van der Waals surface area (Å²) in [7, 11) is 0. The Kier molecular flexibility index (Phi) is 7.10. The van der Waals surface area contributed by atoms with Crippen molar-refractivity contribution in [2.75, 3.05) is 24.6 Å². The van der Waals surface area contributed by atoms with Gasteiger partial charge in [-0.3, -0.25) is 4.79 Å². The van der Waals surface area contributed by atoms with E-state index in [1.54, 1.807) is 0 Å². The van der Waals surface area contributed by atoms with Crippen LogP contribution in [0.25, 0.3) is 0 Å². The Morgan fingerprint density at radius 3 is 2.15 bits per heavy atom. The highest BCUT2D eigenvalue weighted by Gasteiger charge is 2.43. The van der Waals surface area contributed by atoms with Crippen LogP contribution in [-0.2, 0) is 20.7 Å². The highest BCUT2D eigenvalue weighted by molar-refractivity contribution is 5.72. The van der Waals surface area contributed by atoms with Gasteiger partial charge in [0, 0.05) is 25.5 Å². The van der Waals surface area contributed by atoms with Crippen LogP contribution in [0.3, 0.4) is 0 Å². The molecule has 0 N–H and O–H groups in total. The Hall–Kier alpha value is -2.38. The molecular formula is C25H38N4O4. The maximum atomic E-state index is 12.5. The van der Waals surface area contributed by atoms with E-state index < -0.39 is 5.60 Å². The highest BCUT2D eigenvalue weighted by Crippen LogP contribution is 2.34. The molecule has 2 atom stereocenters. The number of ether oxygens (including phenoxy) is 2. The number of hydrogen-bond donors (Lipinski definition) is 0. The molecule has 2 unspecified atom stereocenters. The van der Waals surface area contributed by atoms with E-state index in [1.807, 2.05) is 45.0 Å². The lowest BCUT2D eigenvalue weighted by molar-refractivity contribution is -0.149. The van der Waals surface area contributed by atoms with E-state index >= 15 is 0 Å². The van der Waals surface area contributed by atoms with Gasteiger partial charge in [-0.15, -0.1) is 0 Å². The Bertz CT molecular complexity index is 816. The third kappa shape index (κ3) is 5.76. The van der Waals surface area contributed by atoms with Gasteiger partial charge in [0.1, 0.15) is 5.60 Å². The van der Waals surface area contributed by atoms with Gasteiger partial charge in [-0.2, -0.15) is 0 Å². The molecule has 8 nitrogen and oxygen atoms in total. The van der Waals surface area contributed by atoms with Crippen LogP contribution in [0.1, 0.15) is 71.8 Å². The predicted octanol–water partition coefficient (Wildman–Crippen LogP) is 3.98. The third-order valence-corrected chi connectivity index (χ3v) is 7.05. The van der Waals surface area contributed by atoms with Gasteiger partial charge in [-0.1, -0.05) is 0 Å². The maximum Gasteiger partial charge on any atom is 0.410 e. The zero-order chi connectivity index (χ0) is 23.6. The van der Waals surface area contributed by atoms with Gasteiger partial charge in [0.05, 0.1) is 24.6 Å². The van der Waals surface area contributed by atoms with Gasteiger partial charge in [-0.05, 0) is 84.1 Å². The minimum Gasteiger partial charge on any atom is -0.466 e. The van der Waals surface area contributed by atoms with E-state index in [2.05, 4.69) is 4.90 Å². The molecule has 2 bridgehead atoms. The zero-order valence-corrected chi connectivity index (χ0v) is 20.5. The summed E-state index contributed by atoms with van der Waals surface area (Å²) in [5.41, 5.74) is 0.669. The highest BCUT2D eigenvalue weighted by atomic mass is 16.6. The second-order valence-electron chi connectivity index (χ2n) is 10.7. The molecule has 8 heteroatoms. The van der Waals surface area contributed by atoms with E-state index in [4.69, 9.17) is 19.4 Å². The number of nitrogens with zero attached hydrogens (tertiary/aromatic N) is 4. The molecule has 1 saturated carbocycles. The summed E-state index contributed by atoms with van der Waals surface area (Å²) in [5.74, 6) is 1.36. The lowest BCUT2D eigenvalue weighted by atomic mass is 9.79. The van der Waals surface area contributed by atoms with Gasteiger partial charge >= 0.3 is 12.1 Å². The van der Waals surface area contributed by atoms with Crippen molar-refractivity contribution >= 4 is 18.0 Å². The smallest absolute Gasteiger partial charge is 0.410 e. The van der Waals surface area contributed by atoms with Crippen molar-refractivity contribution in [1.29, 1.82) is 0 Å². The molecular weight excluding hydrogens is 420 g/mol. The molecule has 1 aliphatic carbocycles. The van der Waals surface area contributed by atoms with Crippen LogP contribution in [0.2, 0.25) is 0 Å². The number of carbonyl (C=O) groups is 2. The summed E-state index contributed by atoms with van der Waals surface area (Å²) in [4.78, 5) is 38.0. The van der Waals surface area contributed by atoms with Crippen molar-refractivity contribution < 1.29 is 19.1 Å². The van der Waals surface area contributed by atoms with Crippen LogP contribution in [0.4, 0.5) is 10.7 Å². The first-order valence-electron chi connectivity index (χ1n) is 12.5. The third-order valence-electron chi connectivity index (χ3n) is 7.05. The number of likely N-dealkylation sites (tertiary alicyclic amines) is 1. The second kappa shape index (κ2) is 9.85. The number of amides is 1. The molecule has 0 aromatic carbocycles. The molecule has 0 spiro atoms. The fourth-order valence-corrected chi connectivity index (χ4v) is 5.49. The molecule has 1 aromatic rings. The fraction of sp³-hybridized carbons (Fsp3) is 0.760. The number of piperazine rings is 1. The molecule has 3 aliphatic rings. The molecule has 0 radical (unpaired) electrons. The number of carbonyl (C=O) groups excluding carboxylic acids is 2. The standard InChI is InChI=1S/C25H38N4O4/c1-5-32-22(30)19-8-6-17(7-9-19)12-18-13-26-23(27-14-18)29-20-10-11-21(29)16-28(15-20)24(31)33-25(2,3)4/h13-14,17,19-21H,5-12,15-16H2,1-4H3. The van der Waals surface area contributed by atoms with E-state index in [1.165, 1.54) is 0 Å². The van der Waals surface area contributed by atoms with Crippen molar-refractivity contribution in [3.05, 3.63) is 18.0 Å². The minimum absolute atomic E-state index is 0.0370. The molecule has 182 valence electrons. The van der Waals surface area contributed by atoms with E-state index in [9.17, 15) is 9.59 Å². The monoisotopic (exact) mass is 458 g/mol. The van der Waals surface area contributed by atoms with Gasteiger partial charge in [-0.25, -0.2) is 14.8 Å². The molecule has 3 fully saturated rings. The molecule has 1 amide bonds. The Balaban J connectivity index is 1.30. The first-order valence-corrected chi connectivity index (χ1v) is 12.5. The van der Waals surface area contributed by atoms with Crippen molar-refractivity contribution in [1.82, 2.24) is 14.9 Å². The Morgan fingerprint density at radius 1 is 1.00 bits per heavy atom. The van der Waals surface area contributed by atoms with Crippen molar-refractivity contribution in [3.63, 3.8) is 0 Å². The van der Waals surface area contributed by atoms with Crippen LogP contribution in [0, 0.1) is 11.8 Å². The first kappa shape index (κ1) is 23.8. The largest absolute Gasteiger partial charge is 0.466 e. The normalized spacial score (nSPS) is 27.4. The number of aromatic nitrogens is 2. The topological polar surface area (TPSA) is 84.9 Å². The molecule has 1 aromatic heterocycles. The number of esters is 1. The summed E-state index contributed by atoms with van der Waals surface area (Å²) in [6, 6.07) is 0.473. The second-order valence-corrected chi connectivity index (χ2v) is 10.7. The number of hydrogen-bond acceptors (Lipinski definition) is 7. The predicted molar refractivity (Wildman–Crippen MR) is 125 cm³/mol. The molecule has 2 saturated heterocycles. The molecule has 2 aliphatic heterocycles. The summed E-state index contributed by atoms with van der Waals surface area (Å²) >= 11 is 0. The summed E-state index contributed by atoms with van der Waals surface area (Å²) in [6.45, 7) is 9.33. The number of anilines is 1. The van der Waals surface area contributed by atoms with Crippen LogP contribution in [-0.4, -0.2) is 64.3 Å². The van der Waals surface area contributed by atoms with Crippen molar-refractivity contribution in [2.24, 2.45) is 11.8 Å². The summed E-state index contributed by atoms with van der Waals surface area (Å²) < 4.78 is 10.8. The van der Waals surface area contributed by atoms with Crippen LogP contribution in [0.5, 0.6) is 0 Å². The van der Waals surface area contributed by atoms with Crippen molar-refractivity contribution in [2.45, 2.75) is 90.3 Å². The van der Waals surface area contributed by atoms with Crippen molar-refractivity contribution in [3.8, 4) is 0 Å². The van der Waals surface area contributed by atoms with Crippen LogP contribution < -0.4 is 4.90 Å². The summed E-state index contributed by atoms with van der Waals surface area (Å²) in [6.07, 6.45) is 10.6. The fourth-order valence-electron chi connectivity index (χ4n) is 5.49. The van der Waals surface area contributed by atoms with Gasteiger partial charge in [0.2, 0.25) is 5.95 Å². The SMILES string of the molecule is CCOC(=O)C1CCC(Cc2cnc(N3C4CCC3CN(C(=O)OC(C)(C)C)C4)nc2)CC1. The molecule has 3 heterocycles. The Labute approximate surface area is 197 Å². The van der Waals surface area contributed by atoms with Crippen LogP contribution in [0.15, 0.2) is 12.4 Å². The van der Waals surface area contributed by atoms with E-state index in [0.717, 1.165) is 56.5 Å². The van der Waals surface area contributed by atoms with Gasteiger partial charge in [0.15, 0.2) is 0 Å². The quantitative estimate of drug-likeness (QED) is 0.617. The zero-order valence-electron chi connectivity index (χ0n) is 20.5. The van der Waals surface area contributed by atoms with E-state index in [-0.39, 0.29) is 30.1 Å². The average molecular weight is 459 g/mol. The molecule has 33 heavy (non-hydrogen) atoms. The average Bonchev–Trinajstić information content (AvgIpc) is 3.02. The van der Waals surface area contributed by atoms with Gasteiger partial charge < -0.3 is 19.3 Å². The number of fused-ring (bicyclic) bond motifs is 2. The lowest BCUT2D eigenvalue weighted by Crippen LogP contribution is -2.56. The van der Waals surface area contributed by atoms with E-state index in [0.29, 0.717) is 25.6 Å². The number of rotatable bonds is 5. The van der Waals surface area contributed by atoms with Crippen LogP contribution >= 0.6 is 0 Å². The van der Waals surface area contributed by atoms with Gasteiger partial charge in [0.25, 0.3) is 0 Å². The maximum absolute atomic E-state index is 12.5. The minimum atomic E-state index is -0.482. The molecule has 4 rings (SSSR count). The first-order chi connectivity index (χ1) is 15.7. The lowest BCUT2D eigenvalue weighted by Gasteiger charge is -2.41.